The van der Waals surface area contributed by atoms with E-state index >= 15 is 0 Å². The van der Waals surface area contributed by atoms with E-state index in [-0.39, 0.29) is 5.41 Å². The van der Waals surface area contributed by atoms with Gasteiger partial charge in [-0.3, -0.25) is 0 Å². The third-order valence-electron chi connectivity index (χ3n) is 4.15. The fraction of sp³-hybridized carbons (Fsp3) is 0.467. The van der Waals surface area contributed by atoms with Crippen LogP contribution in [0, 0.1) is 30.6 Å². The van der Waals surface area contributed by atoms with Crippen LogP contribution in [0.15, 0.2) is 18.5 Å². The number of nitriles is 1. The summed E-state index contributed by atoms with van der Waals surface area (Å²) >= 11 is 0. The smallest absolute Gasteiger partial charge is 0.0958 e. The van der Waals surface area contributed by atoms with Gasteiger partial charge in [0.05, 0.1) is 23.4 Å². The van der Waals surface area contributed by atoms with Crippen LogP contribution < -0.4 is 0 Å². The molecule has 1 aliphatic rings. The first kappa shape index (κ1) is 11.3. The fourth-order valence-electron chi connectivity index (χ4n) is 2.54. The van der Waals surface area contributed by atoms with E-state index in [9.17, 15) is 0 Å². The molecule has 0 radical (unpaired) electrons. The summed E-state index contributed by atoms with van der Waals surface area (Å²) in [7, 11) is 0. The molecule has 2 aromatic rings. The Bertz CT molecular complexity index is 642. The van der Waals surface area contributed by atoms with Crippen molar-refractivity contribution >= 4 is 11.0 Å². The number of aromatic nitrogens is 2. The monoisotopic (exact) mass is 239 g/mol. The highest BCUT2D eigenvalue weighted by Crippen LogP contribution is 2.50. The molecule has 1 fully saturated rings. The lowest BCUT2D eigenvalue weighted by molar-refractivity contribution is 0.438. The summed E-state index contributed by atoms with van der Waals surface area (Å²) in [5, 5.41) is 8.89. The van der Waals surface area contributed by atoms with Gasteiger partial charge in [0, 0.05) is 18.4 Å². The van der Waals surface area contributed by atoms with Gasteiger partial charge in [0.15, 0.2) is 0 Å². The average molecular weight is 239 g/mol. The average Bonchev–Trinajstić information content (AvgIpc) is 2.99. The molecule has 1 aromatic carbocycles. The van der Waals surface area contributed by atoms with Crippen LogP contribution in [0.4, 0.5) is 0 Å². The van der Waals surface area contributed by atoms with Gasteiger partial charge in [0.25, 0.3) is 0 Å². The molecule has 0 unspecified atom stereocenters. The second kappa shape index (κ2) is 3.84. The first-order valence-corrected chi connectivity index (χ1v) is 6.43. The van der Waals surface area contributed by atoms with Crippen LogP contribution in [0.3, 0.4) is 0 Å². The number of rotatable bonds is 3. The molecule has 3 nitrogen and oxygen atoms in total. The van der Waals surface area contributed by atoms with Crippen molar-refractivity contribution in [1.82, 2.24) is 9.55 Å². The maximum atomic E-state index is 8.89. The highest BCUT2D eigenvalue weighted by atomic mass is 15.1. The second-order valence-electron chi connectivity index (χ2n) is 5.63. The summed E-state index contributed by atoms with van der Waals surface area (Å²) in [5.41, 5.74) is 5.06. The predicted molar refractivity (Wildman–Crippen MR) is 71.1 cm³/mol. The lowest BCUT2D eigenvalue weighted by Gasteiger charge is -2.13. The Morgan fingerprint density at radius 2 is 2.06 bits per heavy atom. The van der Waals surface area contributed by atoms with E-state index in [1.807, 2.05) is 6.33 Å². The van der Waals surface area contributed by atoms with Crippen LogP contribution in [0.1, 0.15) is 30.4 Å². The zero-order valence-corrected chi connectivity index (χ0v) is 10.9. The van der Waals surface area contributed by atoms with Crippen molar-refractivity contribution in [1.29, 1.82) is 5.26 Å². The van der Waals surface area contributed by atoms with E-state index in [0.29, 0.717) is 6.42 Å². The molecule has 92 valence electrons. The van der Waals surface area contributed by atoms with Crippen molar-refractivity contribution in [2.24, 2.45) is 5.41 Å². The SMILES string of the molecule is Cc1cc2ncn(CC3(CC#N)CC3)c2cc1C. The van der Waals surface area contributed by atoms with Crippen LogP contribution in [0.2, 0.25) is 0 Å². The summed E-state index contributed by atoms with van der Waals surface area (Å²) < 4.78 is 2.21. The van der Waals surface area contributed by atoms with Gasteiger partial charge < -0.3 is 4.57 Å². The van der Waals surface area contributed by atoms with Gasteiger partial charge in [-0.05, 0) is 49.9 Å². The van der Waals surface area contributed by atoms with Crippen molar-refractivity contribution in [3.63, 3.8) is 0 Å². The van der Waals surface area contributed by atoms with E-state index in [0.717, 1.165) is 12.1 Å². The molecule has 0 spiro atoms. The molecule has 1 aromatic heterocycles. The standard InChI is InChI=1S/C15H17N3/c1-11-7-13-14(8-12(11)2)18(10-17-13)9-15(3-4-15)5-6-16/h7-8,10H,3-5,9H2,1-2H3. The van der Waals surface area contributed by atoms with Crippen molar-refractivity contribution < 1.29 is 0 Å². The van der Waals surface area contributed by atoms with E-state index in [1.54, 1.807) is 0 Å². The van der Waals surface area contributed by atoms with Gasteiger partial charge in [-0.25, -0.2) is 4.98 Å². The van der Waals surface area contributed by atoms with Gasteiger partial charge >= 0.3 is 0 Å². The topological polar surface area (TPSA) is 41.6 Å². The number of nitrogens with zero attached hydrogens (tertiary/aromatic N) is 3. The number of aryl methyl sites for hydroxylation is 2. The van der Waals surface area contributed by atoms with E-state index in [1.165, 1.54) is 29.5 Å². The highest BCUT2D eigenvalue weighted by Gasteiger charge is 2.42. The Morgan fingerprint density at radius 1 is 1.33 bits per heavy atom. The molecule has 0 aliphatic heterocycles. The zero-order chi connectivity index (χ0) is 12.8. The van der Waals surface area contributed by atoms with Gasteiger partial charge in [0.2, 0.25) is 0 Å². The molecule has 0 saturated heterocycles. The van der Waals surface area contributed by atoms with Gasteiger partial charge in [-0.15, -0.1) is 0 Å². The minimum Gasteiger partial charge on any atom is -0.330 e. The molecule has 3 heteroatoms. The maximum absolute atomic E-state index is 8.89. The van der Waals surface area contributed by atoms with Crippen LogP contribution in [-0.4, -0.2) is 9.55 Å². The second-order valence-corrected chi connectivity index (χ2v) is 5.63. The number of hydrogen-bond donors (Lipinski definition) is 0. The van der Waals surface area contributed by atoms with Crippen molar-refractivity contribution in [3.8, 4) is 6.07 Å². The van der Waals surface area contributed by atoms with Crippen LogP contribution in [0.25, 0.3) is 11.0 Å². The summed E-state index contributed by atoms with van der Waals surface area (Å²) in [6.07, 6.45) is 4.93. The molecular formula is C15H17N3. The third-order valence-corrected chi connectivity index (χ3v) is 4.15. The van der Waals surface area contributed by atoms with E-state index < -0.39 is 0 Å². The lowest BCUT2D eigenvalue weighted by Crippen LogP contribution is -2.10. The molecule has 3 rings (SSSR count). The molecule has 18 heavy (non-hydrogen) atoms. The van der Waals surface area contributed by atoms with Gasteiger partial charge in [-0.1, -0.05) is 0 Å². The Hall–Kier alpha value is -1.82. The number of fused-ring (bicyclic) bond motifs is 1. The Balaban J connectivity index is 1.98. The summed E-state index contributed by atoms with van der Waals surface area (Å²) in [4.78, 5) is 4.47. The molecular weight excluding hydrogens is 222 g/mol. The fourth-order valence-corrected chi connectivity index (χ4v) is 2.54. The van der Waals surface area contributed by atoms with E-state index in [4.69, 9.17) is 5.26 Å². The molecule has 0 N–H and O–H groups in total. The van der Waals surface area contributed by atoms with Crippen LogP contribution in [-0.2, 0) is 6.54 Å². The van der Waals surface area contributed by atoms with Crippen molar-refractivity contribution in [2.75, 3.05) is 0 Å². The Morgan fingerprint density at radius 3 is 2.72 bits per heavy atom. The normalized spacial score (nSPS) is 16.7. The predicted octanol–water partition coefficient (Wildman–Crippen LogP) is 3.35. The largest absolute Gasteiger partial charge is 0.330 e. The van der Waals surface area contributed by atoms with Crippen molar-refractivity contribution in [3.05, 3.63) is 29.6 Å². The summed E-state index contributed by atoms with van der Waals surface area (Å²) in [5.74, 6) is 0. The molecule has 0 bridgehead atoms. The molecule has 1 heterocycles. The molecule has 1 aliphatic carbocycles. The quantitative estimate of drug-likeness (QED) is 0.824. The molecule has 0 amide bonds. The van der Waals surface area contributed by atoms with Gasteiger partial charge in [0.1, 0.15) is 0 Å². The minimum atomic E-state index is 0.223. The summed E-state index contributed by atoms with van der Waals surface area (Å²) in [6, 6.07) is 6.67. The Kier molecular flexibility index (Phi) is 2.41. The van der Waals surface area contributed by atoms with Crippen LogP contribution in [0.5, 0.6) is 0 Å². The lowest BCUT2D eigenvalue weighted by atomic mass is 10.0. The number of imidazole rings is 1. The third kappa shape index (κ3) is 1.78. The van der Waals surface area contributed by atoms with Crippen LogP contribution >= 0.6 is 0 Å². The zero-order valence-electron chi connectivity index (χ0n) is 10.9. The van der Waals surface area contributed by atoms with Gasteiger partial charge in [-0.2, -0.15) is 5.26 Å². The number of benzene rings is 1. The highest BCUT2D eigenvalue weighted by molar-refractivity contribution is 5.77. The summed E-state index contributed by atoms with van der Waals surface area (Å²) in [6.45, 7) is 5.18. The molecule has 1 saturated carbocycles. The first-order valence-electron chi connectivity index (χ1n) is 6.43. The Labute approximate surface area is 107 Å². The van der Waals surface area contributed by atoms with E-state index in [2.05, 4.69) is 41.6 Å². The maximum Gasteiger partial charge on any atom is 0.0958 e. The first-order chi connectivity index (χ1) is 8.63. The number of hydrogen-bond acceptors (Lipinski definition) is 2. The molecule has 0 atom stereocenters. The minimum absolute atomic E-state index is 0.223. The van der Waals surface area contributed by atoms with Crippen molar-refractivity contribution in [2.45, 2.75) is 39.7 Å².